The second-order valence-electron chi connectivity index (χ2n) is 7.11. The number of ether oxygens (including phenoxy) is 1. The van der Waals surface area contributed by atoms with Gasteiger partial charge in [-0.1, -0.05) is 26.8 Å². The van der Waals surface area contributed by atoms with Crippen LogP contribution in [-0.4, -0.2) is 41.4 Å². The maximum Gasteiger partial charge on any atom is 0.125 e. The smallest absolute Gasteiger partial charge is 0.125 e. The molecule has 1 aromatic carbocycles. The van der Waals surface area contributed by atoms with E-state index in [4.69, 9.17) is 4.74 Å². The van der Waals surface area contributed by atoms with E-state index in [1.807, 2.05) is 6.07 Å². The Bertz CT molecular complexity index is 625. The van der Waals surface area contributed by atoms with E-state index in [0.717, 1.165) is 44.4 Å². The highest BCUT2D eigenvalue weighted by molar-refractivity contribution is 5.58. The van der Waals surface area contributed by atoms with Gasteiger partial charge in [0.05, 0.1) is 19.4 Å². The summed E-state index contributed by atoms with van der Waals surface area (Å²) in [4.78, 5) is 2.47. The van der Waals surface area contributed by atoms with Crippen LogP contribution < -0.4 is 5.32 Å². The van der Waals surface area contributed by atoms with E-state index in [1.54, 1.807) is 6.20 Å². The van der Waals surface area contributed by atoms with Gasteiger partial charge in [-0.15, -0.1) is 0 Å². The number of H-pyrrole nitrogens is 1. The molecule has 5 nitrogen and oxygen atoms in total. The third-order valence-corrected chi connectivity index (χ3v) is 4.19. The Kier molecular flexibility index (Phi) is 4.68. The second kappa shape index (κ2) is 6.72. The molecule has 1 aliphatic rings. The lowest BCUT2D eigenvalue weighted by molar-refractivity contribution is 0.0340. The molecule has 1 saturated heterocycles. The standard InChI is InChI=1S/C18H26N4O/c1-18(2,3)16-5-4-15(20-17-6-7-19-21-17)12-14(16)13-22-8-10-23-11-9-22/h4-7,12H,8-11,13H2,1-3H3,(H2,19,20,21). The number of hydrogen-bond acceptors (Lipinski definition) is 4. The molecule has 3 rings (SSSR count). The number of aromatic nitrogens is 2. The van der Waals surface area contributed by atoms with Gasteiger partial charge in [-0.2, -0.15) is 5.10 Å². The Morgan fingerprint density at radius 2 is 2.00 bits per heavy atom. The average molecular weight is 314 g/mol. The first-order valence-electron chi connectivity index (χ1n) is 8.22. The summed E-state index contributed by atoms with van der Waals surface area (Å²) in [6.07, 6.45) is 1.75. The van der Waals surface area contributed by atoms with Crippen LogP contribution in [0, 0.1) is 0 Å². The van der Waals surface area contributed by atoms with Gasteiger partial charge in [-0.3, -0.25) is 10.00 Å². The largest absolute Gasteiger partial charge is 0.379 e. The van der Waals surface area contributed by atoms with Crippen LogP contribution in [0.1, 0.15) is 31.9 Å². The maximum atomic E-state index is 5.46. The summed E-state index contributed by atoms with van der Waals surface area (Å²) < 4.78 is 5.46. The van der Waals surface area contributed by atoms with Crippen molar-refractivity contribution in [3.05, 3.63) is 41.6 Å². The molecule has 23 heavy (non-hydrogen) atoms. The predicted octanol–water partition coefficient (Wildman–Crippen LogP) is 3.28. The van der Waals surface area contributed by atoms with E-state index in [-0.39, 0.29) is 5.41 Å². The fraction of sp³-hybridized carbons (Fsp3) is 0.500. The molecule has 2 N–H and O–H groups in total. The first kappa shape index (κ1) is 16.0. The number of hydrogen-bond donors (Lipinski definition) is 2. The van der Waals surface area contributed by atoms with Crippen molar-refractivity contribution in [1.29, 1.82) is 0 Å². The maximum absolute atomic E-state index is 5.46. The molecule has 0 aliphatic carbocycles. The van der Waals surface area contributed by atoms with Crippen molar-refractivity contribution in [3.63, 3.8) is 0 Å². The van der Waals surface area contributed by atoms with E-state index >= 15 is 0 Å². The molecule has 0 atom stereocenters. The number of rotatable bonds is 4. The zero-order valence-corrected chi connectivity index (χ0v) is 14.2. The van der Waals surface area contributed by atoms with Gasteiger partial charge < -0.3 is 10.1 Å². The third-order valence-electron chi connectivity index (χ3n) is 4.19. The van der Waals surface area contributed by atoms with Crippen molar-refractivity contribution in [1.82, 2.24) is 15.1 Å². The van der Waals surface area contributed by atoms with Gasteiger partial charge in [-0.05, 0) is 28.7 Å². The normalized spacial score (nSPS) is 16.5. The summed E-state index contributed by atoms with van der Waals surface area (Å²) in [6, 6.07) is 8.58. The topological polar surface area (TPSA) is 53.2 Å². The third kappa shape index (κ3) is 4.12. The van der Waals surface area contributed by atoms with Gasteiger partial charge in [0.1, 0.15) is 5.82 Å². The molecule has 2 heterocycles. The summed E-state index contributed by atoms with van der Waals surface area (Å²) >= 11 is 0. The molecular formula is C18H26N4O. The fourth-order valence-electron chi connectivity index (χ4n) is 3.02. The second-order valence-corrected chi connectivity index (χ2v) is 7.11. The van der Waals surface area contributed by atoms with Crippen LogP contribution in [0.15, 0.2) is 30.5 Å². The lowest BCUT2D eigenvalue weighted by atomic mass is 9.83. The van der Waals surface area contributed by atoms with Crippen molar-refractivity contribution in [2.24, 2.45) is 0 Å². The lowest BCUT2D eigenvalue weighted by Gasteiger charge is -2.30. The first-order chi connectivity index (χ1) is 11.0. The Morgan fingerprint density at radius 3 is 2.65 bits per heavy atom. The molecule has 2 aromatic rings. The molecule has 0 bridgehead atoms. The molecule has 5 heteroatoms. The van der Waals surface area contributed by atoms with Crippen molar-refractivity contribution in [2.75, 3.05) is 31.6 Å². The molecule has 1 fully saturated rings. The van der Waals surface area contributed by atoms with Crippen LogP contribution in [0.25, 0.3) is 0 Å². The zero-order chi connectivity index (χ0) is 16.3. The van der Waals surface area contributed by atoms with E-state index in [0.29, 0.717) is 0 Å². The van der Waals surface area contributed by atoms with Crippen LogP contribution >= 0.6 is 0 Å². The van der Waals surface area contributed by atoms with Crippen LogP contribution in [0.2, 0.25) is 0 Å². The molecule has 0 saturated carbocycles. The van der Waals surface area contributed by atoms with Crippen molar-refractivity contribution < 1.29 is 4.74 Å². The Hall–Kier alpha value is -1.85. The van der Waals surface area contributed by atoms with Gasteiger partial charge >= 0.3 is 0 Å². The molecule has 1 aromatic heterocycles. The summed E-state index contributed by atoms with van der Waals surface area (Å²) in [5.41, 5.74) is 4.00. The van der Waals surface area contributed by atoms with E-state index in [9.17, 15) is 0 Å². The fourth-order valence-corrected chi connectivity index (χ4v) is 3.02. The van der Waals surface area contributed by atoms with Gasteiger partial charge in [0.15, 0.2) is 0 Å². The molecule has 0 unspecified atom stereocenters. The molecule has 0 radical (unpaired) electrons. The van der Waals surface area contributed by atoms with Crippen molar-refractivity contribution in [3.8, 4) is 0 Å². The average Bonchev–Trinajstić information content (AvgIpc) is 3.00. The summed E-state index contributed by atoms with van der Waals surface area (Å²) in [6.45, 7) is 11.4. The molecule has 1 aliphatic heterocycles. The first-order valence-corrected chi connectivity index (χ1v) is 8.22. The number of nitrogens with one attached hydrogen (secondary N) is 2. The Morgan fingerprint density at radius 1 is 1.22 bits per heavy atom. The number of anilines is 2. The Balaban J connectivity index is 1.85. The van der Waals surface area contributed by atoms with Gasteiger partial charge in [0.2, 0.25) is 0 Å². The van der Waals surface area contributed by atoms with Gasteiger partial charge in [0.25, 0.3) is 0 Å². The van der Waals surface area contributed by atoms with E-state index < -0.39 is 0 Å². The Labute approximate surface area is 138 Å². The van der Waals surface area contributed by atoms with Crippen LogP contribution in [0.3, 0.4) is 0 Å². The minimum Gasteiger partial charge on any atom is -0.379 e. The molecule has 0 amide bonds. The van der Waals surface area contributed by atoms with E-state index in [1.165, 1.54) is 11.1 Å². The SMILES string of the molecule is CC(C)(C)c1ccc(Nc2ccn[nH]2)cc1CN1CCOCC1. The predicted molar refractivity (Wildman–Crippen MR) is 93.1 cm³/mol. The van der Waals surface area contributed by atoms with Crippen molar-refractivity contribution >= 4 is 11.5 Å². The molecule has 124 valence electrons. The highest BCUT2D eigenvalue weighted by Crippen LogP contribution is 2.30. The monoisotopic (exact) mass is 314 g/mol. The van der Waals surface area contributed by atoms with E-state index in [2.05, 4.69) is 59.4 Å². The summed E-state index contributed by atoms with van der Waals surface area (Å²) in [7, 11) is 0. The quantitative estimate of drug-likeness (QED) is 0.909. The molecular weight excluding hydrogens is 288 g/mol. The molecule has 0 spiro atoms. The van der Waals surface area contributed by atoms with Gasteiger partial charge in [-0.25, -0.2) is 0 Å². The highest BCUT2D eigenvalue weighted by Gasteiger charge is 2.20. The number of morpholine rings is 1. The van der Waals surface area contributed by atoms with Crippen LogP contribution in [-0.2, 0) is 16.7 Å². The summed E-state index contributed by atoms with van der Waals surface area (Å²) in [5, 5.41) is 10.3. The number of nitrogens with zero attached hydrogens (tertiary/aromatic N) is 2. The zero-order valence-electron chi connectivity index (χ0n) is 14.2. The van der Waals surface area contributed by atoms with Crippen LogP contribution in [0.4, 0.5) is 11.5 Å². The highest BCUT2D eigenvalue weighted by atomic mass is 16.5. The summed E-state index contributed by atoms with van der Waals surface area (Å²) in [5.74, 6) is 0.908. The van der Waals surface area contributed by atoms with Crippen molar-refractivity contribution in [2.45, 2.75) is 32.7 Å². The lowest BCUT2D eigenvalue weighted by Crippen LogP contribution is -2.36. The van der Waals surface area contributed by atoms with Gasteiger partial charge in [0, 0.05) is 31.4 Å². The number of benzene rings is 1. The number of aromatic amines is 1. The van der Waals surface area contributed by atoms with Crippen LogP contribution in [0.5, 0.6) is 0 Å². The minimum absolute atomic E-state index is 0.133. The minimum atomic E-state index is 0.133.